The van der Waals surface area contributed by atoms with Crippen LogP contribution in [0.2, 0.25) is 0 Å². The molecule has 0 radical (unpaired) electrons. The van der Waals surface area contributed by atoms with Crippen LogP contribution in [0.5, 0.6) is 0 Å². The predicted octanol–water partition coefficient (Wildman–Crippen LogP) is 0.388. The minimum Gasteiger partial charge on any atom is -0.477 e. The van der Waals surface area contributed by atoms with Crippen molar-refractivity contribution in [3.8, 4) is 0 Å². The normalized spacial score (nSPS) is 19.0. The van der Waals surface area contributed by atoms with E-state index in [0.29, 0.717) is 10.2 Å². The summed E-state index contributed by atoms with van der Waals surface area (Å²) in [4.78, 5) is 29.3. The average molecular weight is 341 g/mol. The Balaban J connectivity index is 2.16. The number of carboxylic acids is 1. The molecule has 2 aromatic rings. The zero-order valence-electron chi connectivity index (χ0n) is 11.1. The molecule has 0 aliphatic carbocycles. The number of anilines is 1. The van der Waals surface area contributed by atoms with Crippen molar-refractivity contribution in [1.82, 2.24) is 4.98 Å². The number of primary sulfonamides is 1. The standard InChI is InChI=1S/C12H11N3O5S2/c13-22(19,20)6-4-8(16)15(5-6)9-7-2-1-3-14-11(7)21-10(9)12(17)18/h1-3,6H,4-5H2,(H,17,18)(H2,13,19,20). The van der Waals surface area contributed by atoms with Crippen LogP contribution in [0.4, 0.5) is 5.69 Å². The van der Waals surface area contributed by atoms with E-state index in [9.17, 15) is 23.1 Å². The fourth-order valence-corrected chi connectivity index (χ4v) is 4.16. The molecule has 2 aromatic heterocycles. The van der Waals surface area contributed by atoms with E-state index in [-0.39, 0.29) is 23.5 Å². The maximum atomic E-state index is 12.1. The van der Waals surface area contributed by atoms with Crippen molar-refractivity contribution in [3.63, 3.8) is 0 Å². The predicted molar refractivity (Wildman–Crippen MR) is 80.4 cm³/mol. The lowest BCUT2D eigenvalue weighted by Gasteiger charge is -2.16. The molecule has 116 valence electrons. The van der Waals surface area contributed by atoms with Gasteiger partial charge in [-0.25, -0.2) is 23.3 Å². The minimum absolute atomic E-state index is 0.0443. The van der Waals surface area contributed by atoms with E-state index in [2.05, 4.69) is 4.98 Å². The van der Waals surface area contributed by atoms with E-state index in [1.165, 1.54) is 11.1 Å². The first-order valence-electron chi connectivity index (χ1n) is 6.22. The van der Waals surface area contributed by atoms with Crippen molar-refractivity contribution in [2.75, 3.05) is 11.4 Å². The van der Waals surface area contributed by atoms with Crippen LogP contribution in [-0.2, 0) is 14.8 Å². The molecule has 1 unspecified atom stereocenters. The Kier molecular flexibility index (Phi) is 3.38. The number of amides is 1. The van der Waals surface area contributed by atoms with Crippen molar-refractivity contribution in [1.29, 1.82) is 0 Å². The molecule has 0 bridgehead atoms. The first-order valence-corrected chi connectivity index (χ1v) is 8.64. The molecule has 3 heterocycles. The second kappa shape index (κ2) is 5.00. The van der Waals surface area contributed by atoms with Gasteiger partial charge in [-0.15, -0.1) is 11.3 Å². The van der Waals surface area contributed by atoms with Gasteiger partial charge in [0, 0.05) is 24.5 Å². The zero-order valence-corrected chi connectivity index (χ0v) is 12.7. The van der Waals surface area contributed by atoms with Gasteiger partial charge in [0.15, 0.2) is 0 Å². The van der Waals surface area contributed by atoms with Gasteiger partial charge in [-0.1, -0.05) is 0 Å². The molecule has 1 fully saturated rings. The number of aromatic carboxylic acids is 1. The SMILES string of the molecule is NS(=O)(=O)C1CC(=O)N(c2c(C(=O)O)sc3ncccc23)C1. The van der Waals surface area contributed by atoms with Gasteiger partial charge >= 0.3 is 5.97 Å². The van der Waals surface area contributed by atoms with E-state index in [4.69, 9.17) is 5.14 Å². The molecule has 22 heavy (non-hydrogen) atoms. The summed E-state index contributed by atoms with van der Waals surface area (Å²) >= 11 is 0.944. The highest BCUT2D eigenvalue weighted by Crippen LogP contribution is 2.39. The highest BCUT2D eigenvalue weighted by atomic mass is 32.2. The second-order valence-corrected chi connectivity index (χ2v) is 7.70. The fraction of sp³-hybridized carbons (Fsp3) is 0.250. The number of nitrogens with two attached hydrogens (primary N) is 1. The maximum Gasteiger partial charge on any atom is 0.348 e. The lowest BCUT2D eigenvalue weighted by Crippen LogP contribution is -2.32. The summed E-state index contributed by atoms with van der Waals surface area (Å²) in [5, 5.41) is 13.9. The molecule has 10 heteroatoms. The Morgan fingerprint density at radius 1 is 1.50 bits per heavy atom. The minimum atomic E-state index is -3.87. The van der Waals surface area contributed by atoms with E-state index in [1.807, 2.05) is 0 Å². The maximum absolute atomic E-state index is 12.1. The van der Waals surface area contributed by atoms with Crippen LogP contribution in [-0.4, -0.2) is 42.2 Å². The first kappa shape index (κ1) is 14.9. The third kappa shape index (κ3) is 2.34. The average Bonchev–Trinajstić information content (AvgIpc) is 2.98. The van der Waals surface area contributed by atoms with Crippen LogP contribution in [0.15, 0.2) is 18.3 Å². The number of fused-ring (bicyclic) bond motifs is 1. The number of hydrogen-bond acceptors (Lipinski definition) is 6. The Bertz CT molecular complexity index is 889. The van der Waals surface area contributed by atoms with Gasteiger partial charge < -0.3 is 10.0 Å². The highest BCUT2D eigenvalue weighted by molar-refractivity contribution is 7.89. The monoisotopic (exact) mass is 341 g/mol. The largest absolute Gasteiger partial charge is 0.477 e. The Morgan fingerprint density at radius 3 is 2.82 bits per heavy atom. The van der Waals surface area contributed by atoms with Crippen LogP contribution >= 0.6 is 11.3 Å². The van der Waals surface area contributed by atoms with E-state index in [1.54, 1.807) is 12.1 Å². The molecule has 0 saturated carbocycles. The number of carbonyl (C=O) groups excluding carboxylic acids is 1. The molecule has 1 aliphatic rings. The third-order valence-electron chi connectivity index (χ3n) is 3.46. The molecule has 0 aromatic carbocycles. The number of pyridine rings is 1. The molecule has 3 N–H and O–H groups in total. The number of carboxylic acid groups (broad SMARTS) is 1. The molecular weight excluding hydrogens is 330 g/mol. The summed E-state index contributed by atoms with van der Waals surface area (Å²) in [6.07, 6.45) is 1.27. The van der Waals surface area contributed by atoms with Crippen molar-refractivity contribution < 1.29 is 23.1 Å². The number of thiophene rings is 1. The number of aromatic nitrogens is 1. The van der Waals surface area contributed by atoms with Crippen LogP contribution in [0, 0.1) is 0 Å². The van der Waals surface area contributed by atoms with Crippen molar-refractivity contribution in [2.45, 2.75) is 11.7 Å². The molecular formula is C12H11N3O5S2. The third-order valence-corrected chi connectivity index (χ3v) is 5.79. The van der Waals surface area contributed by atoms with Gasteiger partial charge in [0.05, 0.1) is 5.69 Å². The first-order chi connectivity index (χ1) is 10.3. The van der Waals surface area contributed by atoms with Crippen LogP contribution in [0.3, 0.4) is 0 Å². The number of sulfonamides is 1. The molecule has 1 aliphatic heterocycles. The van der Waals surface area contributed by atoms with Gasteiger partial charge in [0.1, 0.15) is 15.0 Å². The van der Waals surface area contributed by atoms with Gasteiger partial charge in [-0.2, -0.15) is 0 Å². The van der Waals surface area contributed by atoms with Crippen molar-refractivity contribution >= 4 is 49.1 Å². The van der Waals surface area contributed by atoms with Gasteiger partial charge in [-0.3, -0.25) is 4.79 Å². The molecule has 3 rings (SSSR count). The van der Waals surface area contributed by atoms with Gasteiger partial charge in [0.2, 0.25) is 15.9 Å². The second-order valence-electron chi connectivity index (χ2n) is 4.86. The highest BCUT2D eigenvalue weighted by Gasteiger charge is 2.40. The number of nitrogens with zero attached hydrogens (tertiary/aromatic N) is 2. The summed E-state index contributed by atoms with van der Waals surface area (Å²) in [6, 6.07) is 3.28. The summed E-state index contributed by atoms with van der Waals surface area (Å²) in [7, 11) is -3.87. The molecule has 1 atom stereocenters. The Hall–Kier alpha value is -2.04. The summed E-state index contributed by atoms with van der Waals surface area (Å²) < 4.78 is 22.9. The smallest absolute Gasteiger partial charge is 0.348 e. The number of hydrogen-bond donors (Lipinski definition) is 2. The number of carbonyl (C=O) groups is 2. The lowest BCUT2D eigenvalue weighted by molar-refractivity contribution is -0.117. The molecule has 1 amide bonds. The van der Waals surface area contributed by atoms with E-state index in [0.717, 1.165) is 11.3 Å². The van der Waals surface area contributed by atoms with E-state index >= 15 is 0 Å². The topological polar surface area (TPSA) is 131 Å². The van der Waals surface area contributed by atoms with Crippen molar-refractivity contribution in [2.24, 2.45) is 5.14 Å². The lowest BCUT2D eigenvalue weighted by atomic mass is 10.2. The van der Waals surface area contributed by atoms with Crippen LogP contribution < -0.4 is 10.0 Å². The zero-order chi connectivity index (χ0) is 16.1. The number of rotatable bonds is 3. The van der Waals surface area contributed by atoms with Gasteiger partial charge in [0.25, 0.3) is 0 Å². The van der Waals surface area contributed by atoms with Crippen LogP contribution in [0.25, 0.3) is 10.2 Å². The van der Waals surface area contributed by atoms with E-state index < -0.39 is 27.1 Å². The summed E-state index contributed by atoms with van der Waals surface area (Å²) in [5.41, 5.74) is 0.191. The Labute approximate surface area is 129 Å². The fourth-order valence-electron chi connectivity index (χ4n) is 2.44. The Morgan fingerprint density at radius 2 is 2.23 bits per heavy atom. The summed E-state index contributed by atoms with van der Waals surface area (Å²) in [5.74, 6) is -1.66. The molecule has 1 saturated heterocycles. The van der Waals surface area contributed by atoms with Gasteiger partial charge in [-0.05, 0) is 12.1 Å². The quantitative estimate of drug-likeness (QED) is 0.830. The molecule has 0 spiro atoms. The van der Waals surface area contributed by atoms with Crippen LogP contribution in [0.1, 0.15) is 16.1 Å². The van der Waals surface area contributed by atoms with Crippen molar-refractivity contribution in [3.05, 3.63) is 23.2 Å². The molecule has 8 nitrogen and oxygen atoms in total. The summed E-state index contributed by atoms with van der Waals surface area (Å²) in [6.45, 7) is -0.154.